The van der Waals surface area contributed by atoms with Gasteiger partial charge in [0, 0.05) is 30.4 Å². The van der Waals surface area contributed by atoms with Crippen LogP contribution < -0.4 is 10.6 Å². The third-order valence-corrected chi connectivity index (χ3v) is 4.29. The van der Waals surface area contributed by atoms with E-state index < -0.39 is 0 Å². The van der Waals surface area contributed by atoms with Gasteiger partial charge < -0.3 is 10.6 Å². The van der Waals surface area contributed by atoms with Crippen LogP contribution in [0.1, 0.15) is 49.8 Å². The van der Waals surface area contributed by atoms with Gasteiger partial charge in [0.2, 0.25) is 0 Å². The minimum atomic E-state index is 0.319. The van der Waals surface area contributed by atoms with Crippen LogP contribution in [0.25, 0.3) is 0 Å². The Morgan fingerprint density at radius 3 is 2.78 bits per heavy atom. The molecule has 2 aliphatic rings. The van der Waals surface area contributed by atoms with Crippen LogP contribution in [0.3, 0.4) is 0 Å². The number of aromatic amines is 1. The molecule has 0 aromatic carbocycles. The van der Waals surface area contributed by atoms with E-state index in [1.807, 2.05) is 0 Å². The normalized spacial score (nSPS) is 25.4. The molecule has 2 heterocycles. The van der Waals surface area contributed by atoms with Gasteiger partial charge in [-0.3, -0.25) is 5.10 Å². The second kappa shape index (κ2) is 5.31. The predicted octanol–water partition coefficient (Wildman–Crippen LogP) is 2.00. The Kier molecular flexibility index (Phi) is 3.55. The second-order valence-corrected chi connectivity index (χ2v) is 5.77. The summed E-state index contributed by atoms with van der Waals surface area (Å²) in [7, 11) is 0. The predicted molar refractivity (Wildman–Crippen MR) is 73.9 cm³/mol. The first-order valence-electron chi connectivity index (χ1n) is 7.41. The van der Waals surface area contributed by atoms with Crippen molar-refractivity contribution in [3.05, 3.63) is 11.3 Å². The highest BCUT2D eigenvalue weighted by atomic mass is 15.3. The first-order valence-corrected chi connectivity index (χ1v) is 7.41. The number of hydrogen-bond acceptors (Lipinski definition) is 3. The molecule has 1 aromatic rings. The van der Waals surface area contributed by atoms with Crippen molar-refractivity contribution in [2.75, 3.05) is 18.0 Å². The van der Waals surface area contributed by atoms with Crippen molar-refractivity contribution in [2.45, 2.75) is 57.4 Å². The molecule has 1 aliphatic heterocycles. The lowest BCUT2D eigenvalue weighted by atomic mass is 9.97. The van der Waals surface area contributed by atoms with Crippen LogP contribution in [0.5, 0.6) is 0 Å². The maximum atomic E-state index is 6.08. The van der Waals surface area contributed by atoms with Crippen molar-refractivity contribution < 1.29 is 0 Å². The fourth-order valence-electron chi connectivity index (χ4n) is 3.28. The Labute approximate surface area is 109 Å². The van der Waals surface area contributed by atoms with Crippen LogP contribution >= 0.6 is 0 Å². The summed E-state index contributed by atoms with van der Waals surface area (Å²) in [5, 5.41) is 7.86. The highest BCUT2D eigenvalue weighted by Gasteiger charge is 2.23. The zero-order chi connectivity index (χ0) is 12.4. The van der Waals surface area contributed by atoms with E-state index in [0.717, 1.165) is 19.5 Å². The molecule has 100 valence electrons. The summed E-state index contributed by atoms with van der Waals surface area (Å²) < 4.78 is 0. The maximum absolute atomic E-state index is 6.08. The van der Waals surface area contributed by atoms with Crippen LogP contribution in [0.2, 0.25) is 0 Å². The lowest BCUT2D eigenvalue weighted by Crippen LogP contribution is -2.43. The SMILES string of the molecule is NC1CCCN(c2n[nH]c3c2CCCCCC3)C1. The Morgan fingerprint density at radius 1 is 1.11 bits per heavy atom. The molecular formula is C14H24N4. The number of aryl methyl sites for hydroxylation is 1. The van der Waals surface area contributed by atoms with Crippen LogP contribution in [0.4, 0.5) is 5.82 Å². The van der Waals surface area contributed by atoms with Crippen LogP contribution in [0, 0.1) is 0 Å². The summed E-state index contributed by atoms with van der Waals surface area (Å²) >= 11 is 0. The average Bonchev–Trinajstić information content (AvgIpc) is 2.71. The van der Waals surface area contributed by atoms with Crippen LogP contribution in [-0.2, 0) is 12.8 Å². The number of nitrogens with one attached hydrogen (secondary N) is 1. The number of H-pyrrole nitrogens is 1. The number of anilines is 1. The molecule has 3 N–H and O–H groups in total. The topological polar surface area (TPSA) is 57.9 Å². The number of nitrogens with two attached hydrogens (primary N) is 1. The van der Waals surface area contributed by atoms with Gasteiger partial charge in [0.25, 0.3) is 0 Å². The van der Waals surface area contributed by atoms with Gasteiger partial charge in [0.15, 0.2) is 5.82 Å². The minimum Gasteiger partial charge on any atom is -0.353 e. The quantitative estimate of drug-likeness (QED) is 0.799. The summed E-state index contributed by atoms with van der Waals surface area (Å²) in [5.74, 6) is 1.20. The van der Waals surface area contributed by atoms with E-state index in [4.69, 9.17) is 5.73 Å². The summed E-state index contributed by atoms with van der Waals surface area (Å²) in [6, 6.07) is 0.319. The molecule has 0 bridgehead atoms. The molecule has 1 aromatic heterocycles. The van der Waals surface area contributed by atoms with Gasteiger partial charge in [-0.2, -0.15) is 5.10 Å². The van der Waals surface area contributed by atoms with Crippen molar-refractivity contribution in [3.63, 3.8) is 0 Å². The van der Waals surface area contributed by atoms with Crippen molar-refractivity contribution in [3.8, 4) is 0 Å². The van der Waals surface area contributed by atoms with E-state index in [0.29, 0.717) is 6.04 Å². The summed E-state index contributed by atoms with van der Waals surface area (Å²) in [6.07, 6.45) is 10.0. The first-order chi connectivity index (χ1) is 8.84. The van der Waals surface area contributed by atoms with Crippen LogP contribution in [-0.4, -0.2) is 29.3 Å². The number of nitrogens with zero attached hydrogens (tertiary/aromatic N) is 2. The molecule has 1 unspecified atom stereocenters. The first kappa shape index (κ1) is 12.0. The number of aromatic nitrogens is 2. The molecule has 1 aliphatic carbocycles. The van der Waals surface area contributed by atoms with E-state index in [1.165, 1.54) is 62.0 Å². The van der Waals surface area contributed by atoms with E-state index in [9.17, 15) is 0 Å². The molecule has 1 atom stereocenters. The molecule has 1 saturated heterocycles. The third-order valence-electron chi connectivity index (χ3n) is 4.29. The van der Waals surface area contributed by atoms with E-state index >= 15 is 0 Å². The zero-order valence-electron chi connectivity index (χ0n) is 11.1. The largest absolute Gasteiger partial charge is 0.353 e. The van der Waals surface area contributed by atoms with Gasteiger partial charge >= 0.3 is 0 Å². The molecule has 1 fully saturated rings. The molecule has 3 rings (SSSR count). The monoisotopic (exact) mass is 248 g/mol. The van der Waals surface area contributed by atoms with E-state index in [1.54, 1.807) is 0 Å². The van der Waals surface area contributed by atoms with Gasteiger partial charge in [-0.1, -0.05) is 12.8 Å². The van der Waals surface area contributed by atoms with E-state index in [-0.39, 0.29) is 0 Å². The fourth-order valence-corrected chi connectivity index (χ4v) is 3.28. The van der Waals surface area contributed by atoms with Gasteiger partial charge in [-0.25, -0.2) is 0 Å². The minimum absolute atomic E-state index is 0.319. The van der Waals surface area contributed by atoms with Gasteiger partial charge in [-0.15, -0.1) is 0 Å². The lowest BCUT2D eigenvalue weighted by molar-refractivity contribution is 0.501. The molecule has 0 spiro atoms. The summed E-state index contributed by atoms with van der Waals surface area (Å²) in [6.45, 7) is 2.09. The standard InChI is InChI=1S/C14H24N4/c15-11-6-5-9-18(10-11)14-12-7-3-1-2-4-8-13(12)16-17-14/h11H,1-10,15H2,(H,16,17). The van der Waals surface area contributed by atoms with Gasteiger partial charge in [0.05, 0.1) is 0 Å². The molecule has 0 saturated carbocycles. The summed E-state index contributed by atoms with van der Waals surface area (Å²) in [4.78, 5) is 2.39. The van der Waals surface area contributed by atoms with Gasteiger partial charge in [-0.05, 0) is 38.5 Å². The lowest BCUT2D eigenvalue weighted by Gasteiger charge is -2.31. The molecule has 4 nitrogen and oxygen atoms in total. The Hall–Kier alpha value is -1.03. The zero-order valence-corrected chi connectivity index (χ0v) is 11.1. The van der Waals surface area contributed by atoms with Crippen molar-refractivity contribution in [1.82, 2.24) is 10.2 Å². The van der Waals surface area contributed by atoms with Crippen molar-refractivity contribution in [1.29, 1.82) is 0 Å². The highest BCUT2D eigenvalue weighted by molar-refractivity contribution is 5.50. The number of rotatable bonds is 1. The molecular weight excluding hydrogens is 224 g/mol. The smallest absolute Gasteiger partial charge is 0.153 e. The fraction of sp³-hybridized carbons (Fsp3) is 0.786. The molecule has 0 amide bonds. The maximum Gasteiger partial charge on any atom is 0.153 e. The number of piperidine rings is 1. The van der Waals surface area contributed by atoms with Crippen LogP contribution in [0.15, 0.2) is 0 Å². The Bertz CT molecular complexity index is 398. The average molecular weight is 248 g/mol. The Morgan fingerprint density at radius 2 is 1.94 bits per heavy atom. The summed E-state index contributed by atoms with van der Waals surface area (Å²) in [5.41, 5.74) is 8.94. The second-order valence-electron chi connectivity index (χ2n) is 5.77. The molecule has 18 heavy (non-hydrogen) atoms. The Balaban J connectivity index is 1.83. The van der Waals surface area contributed by atoms with E-state index in [2.05, 4.69) is 15.1 Å². The number of fused-ring (bicyclic) bond motifs is 1. The van der Waals surface area contributed by atoms with Crippen molar-refractivity contribution >= 4 is 5.82 Å². The molecule has 0 radical (unpaired) electrons. The van der Waals surface area contributed by atoms with Gasteiger partial charge in [0.1, 0.15) is 0 Å². The third kappa shape index (κ3) is 2.39. The number of hydrogen-bond donors (Lipinski definition) is 2. The van der Waals surface area contributed by atoms with Crippen molar-refractivity contribution in [2.24, 2.45) is 5.73 Å². The molecule has 4 heteroatoms. The highest BCUT2D eigenvalue weighted by Crippen LogP contribution is 2.28.